The molecule has 1 saturated carbocycles. The zero-order chi connectivity index (χ0) is 14.7. The second kappa shape index (κ2) is 6.59. The standard InChI is InChI=1S/C16H28N2O2/c1-11(2)7-14-16(20)18(10-15(19)17-14)9-13-6-4-5-12(3)8-13/h11-14H,4-10H2,1-3H3,(H,17,19). The van der Waals surface area contributed by atoms with Crippen LogP contribution < -0.4 is 5.32 Å². The molecule has 4 nitrogen and oxygen atoms in total. The lowest BCUT2D eigenvalue weighted by atomic mass is 9.82. The SMILES string of the molecule is CC(C)CC1NC(=O)CN(CC2CCCC(C)C2)C1=O. The summed E-state index contributed by atoms with van der Waals surface area (Å²) in [5.74, 6) is 1.87. The van der Waals surface area contributed by atoms with Crippen molar-refractivity contribution >= 4 is 11.8 Å². The number of hydrogen-bond donors (Lipinski definition) is 1. The summed E-state index contributed by atoms with van der Waals surface area (Å²) in [7, 11) is 0. The van der Waals surface area contributed by atoms with E-state index in [0.717, 1.165) is 18.9 Å². The maximum Gasteiger partial charge on any atom is 0.245 e. The Morgan fingerprint density at radius 1 is 1.30 bits per heavy atom. The number of rotatable bonds is 4. The van der Waals surface area contributed by atoms with E-state index in [2.05, 4.69) is 26.1 Å². The van der Waals surface area contributed by atoms with Gasteiger partial charge in [-0.3, -0.25) is 9.59 Å². The Labute approximate surface area is 122 Å². The molecule has 2 amide bonds. The first-order valence-corrected chi connectivity index (χ1v) is 8.04. The predicted molar refractivity (Wildman–Crippen MR) is 79.1 cm³/mol. The van der Waals surface area contributed by atoms with Crippen LogP contribution in [0.2, 0.25) is 0 Å². The Balaban J connectivity index is 1.95. The zero-order valence-corrected chi connectivity index (χ0v) is 13.0. The van der Waals surface area contributed by atoms with Crippen LogP contribution >= 0.6 is 0 Å². The van der Waals surface area contributed by atoms with E-state index in [4.69, 9.17) is 0 Å². The van der Waals surface area contributed by atoms with Crippen molar-refractivity contribution in [1.82, 2.24) is 10.2 Å². The minimum atomic E-state index is -0.308. The number of carbonyl (C=O) groups excluding carboxylic acids is 2. The molecule has 3 atom stereocenters. The van der Waals surface area contributed by atoms with Gasteiger partial charge in [0.15, 0.2) is 0 Å². The highest BCUT2D eigenvalue weighted by molar-refractivity contribution is 5.94. The molecule has 2 aliphatic rings. The first kappa shape index (κ1) is 15.3. The van der Waals surface area contributed by atoms with E-state index >= 15 is 0 Å². The smallest absolute Gasteiger partial charge is 0.245 e. The second-order valence-electron chi connectivity index (χ2n) is 7.11. The van der Waals surface area contributed by atoms with Gasteiger partial charge in [0.25, 0.3) is 0 Å². The fourth-order valence-corrected chi connectivity index (χ4v) is 3.60. The average Bonchev–Trinajstić information content (AvgIpc) is 2.34. The van der Waals surface area contributed by atoms with Crippen molar-refractivity contribution in [3.63, 3.8) is 0 Å². The summed E-state index contributed by atoms with van der Waals surface area (Å²) >= 11 is 0. The van der Waals surface area contributed by atoms with Gasteiger partial charge in [-0.25, -0.2) is 0 Å². The van der Waals surface area contributed by atoms with Crippen LogP contribution in [0, 0.1) is 17.8 Å². The molecule has 2 rings (SSSR count). The van der Waals surface area contributed by atoms with Crippen molar-refractivity contribution in [2.75, 3.05) is 13.1 Å². The van der Waals surface area contributed by atoms with Crippen LogP contribution in [0.15, 0.2) is 0 Å². The van der Waals surface area contributed by atoms with Crippen molar-refractivity contribution in [3.8, 4) is 0 Å². The molecule has 0 bridgehead atoms. The molecule has 4 heteroatoms. The van der Waals surface area contributed by atoms with Gasteiger partial charge in [0.1, 0.15) is 6.04 Å². The lowest BCUT2D eigenvalue weighted by molar-refractivity contribution is -0.145. The highest BCUT2D eigenvalue weighted by Gasteiger charge is 2.34. The normalized spacial score (nSPS) is 31.6. The second-order valence-corrected chi connectivity index (χ2v) is 7.11. The van der Waals surface area contributed by atoms with Gasteiger partial charge in [0.05, 0.1) is 6.54 Å². The summed E-state index contributed by atoms with van der Waals surface area (Å²) in [4.78, 5) is 26.1. The van der Waals surface area contributed by atoms with E-state index in [0.29, 0.717) is 11.8 Å². The van der Waals surface area contributed by atoms with E-state index in [1.807, 2.05) is 0 Å². The molecule has 0 aromatic heterocycles. The molecule has 1 saturated heterocycles. The van der Waals surface area contributed by atoms with E-state index in [-0.39, 0.29) is 24.4 Å². The number of nitrogens with one attached hydrogen (secondary N) is 1. The van der Waals surface area contributed by atoms with Crippen molar-refractivity contribution in [3.05, 3.63) is 0 Å². The molecule has 0 spiro atoms. The van der Waals surface area contributed by atoms with E-state index in [1.54, 1.807) is 4.90 Å². The maximum atomic E-state index is 12.5. The van der Waals surface area contributed by atoms with Crippen LogP contribution in [0.1, 0.15) is 52.9 Å². The van der Waals surface area contributed by atoms with Gasteiger partial charge < -0.3 is 10.2 Å². The number of nitrogens with zero attached hydrogens (tertiary/aromatic N) is 1. The van der Waals surface area contributed by atoms with Gasteiger partial charge in [0, 0.05) is 6.54 Å². The Hall–Kier alpha value is -1.06. The van der Waals surface area contributed by atoms with Crippen LogP contribution in [0.5, 0.6) is 0 Å². The topological polar surface area (TPSA) is 49.4 Å². The minimum Gasteiger partial charge on any atom is -0.343 e. The van der Waals surface area contributed by atoms with Gasteiger partial charge in [-0.1, -0.05) is 33.6 Å². The van der Waals surface area contributed by atoms with Crippen LogP contribution in [0.25, 0.3) is 0 Å². The Kier molecular flexibility index (Phi) is 5.06. The minimum absolute atomic E-state index is 0.000826. The molecule has 0 aromatic rings. The molecule has 1 N–H and O–H groups in total. The Morgan fingerprint density at radius 2 is 2.05 bits per heavy atom. The summed E-state index contributed by atoms with van der Waals surface area (Å²) in [6.07, 6.45) is 5.70. The molecule has 2 fully saturated rings. The van der Waals surface area contributed by atoms with Crippen LogP contribution in [-0.2, 0) is 9.59 Å². The summed E-state index contributed by atoms with van der Waals surface area (Å²) in [5.41, 5.74) is 0. The lowest BCUT2D eigenvalue weighted by Gasteiger charge is -2.37. The first-order valence-electron chi connectivity index (χ1n) is 8.04. The van der Waals surface area contributed by atoms with Gasteiger partial charge >= 0.3 is 0 Å². The third-order valence-corrected chi connectivity index (χ3v) is 4.51. The third kappa shape index (κ3) is 3.97. The molecule has 3 unspecified atom stereocenters. The van der Waals surface area contributed by atoms with Crippen molar-refractivity contribution in [2.45, 2.75) is 58.9 Å². The number of amides is 2. The summed E-state index contributed by atoms with van der Waals surface area (Å²) in [6, 6.07) is -0.308. The average molecular weight is 280 g/mol. The molecule has 1 heterocycles. The summed E-state index contributed by atoms with van der Waals surface area (Å²) in [6.45, 7) is 7.48. The number of piperazine rings is 1. The highest BCUT2D eigenvalue weighted by atomic mass is 16.2. The fourth-order valence-electron chi connectivity index (χ4n) is 3.60. The van der Waals surface area contributed by atoms with Gasteiger partial charge in [-0.2, -0.15) is 0 Å². The van der Waals surface area contributed by atoms with Gasteiger partial charge in [-0.15, -0.1) is 0 Å². The van der Waals surface area contributed by atoms with E-state index in [1.165, 1.54) is 25.7 Å². The predicted octanol–water partition coefficient (Wildman–Crippen LogP) is 2.19. The van der Waals surface area contributed by atoms with Crippen LogP contribution in [0.3, 0.4) is 0 Å². The summed E-state index contributed by atoms with van der Waals surface area (Å²) < 4.78 is 0. The van der Waals surface area contributed by atoms with Crippen molar-refractivity contribution < 1.29 is 9.59 Å². The van der Waals surface area contributed by atoms with Crippen LogP contribution in [-0.4, -0.2) is 35.8 Å². The monoisotopic (exact) mass is 280 g/mol. The largest absolute Gasteiger partial charge is 0.343 e. The van der Waals surface area contributed by atoms with E-state index in [9.17, 15) is 9.59 Å². The molecular formula is C16H28N2O2. The summed E-state index contributed by atoms with van der Waals surface area (Å²) in [5, 5.41) is 2.84. The number of carbonyl (C=O) groups is 2. The van der Waals surface area contributed by atoms with Gasteiger partial charge in [-0.05, 0) is 37.0 Å². The zero-order valence-electron chi connectivity index (χ0n) is 13.0. The molecule has 1 aliphatic carbocycles. The fraction of sp³-hybridized carbons (Fsp3) is 0.875. The number of hydrogen-bond acceptors (Lipinski definition) is 2. The third-order valence-electron chi connectivity index (χ3n) is 4.51. The van der Waals surface area contributed by atoms with Gasteiger partial charge in [0.2, 0.25) is 11.8 Å². The molecule has 0 radical (unpaired) electrons. The molecule has 20 heavy (non-hydrogen) atoms. The van der Waals surface area contributed by atoms with Crippen molar-refractivity contribution in [1.29, 1.82) is 0 Å². The Bertz CT molecular complexity index is 367. The highest BCUT2D eigenvalue weighted by Crippen LogP contribution is 2.29. The Morgan fingerprint density at radius 3 is 2.70 bits per heavy atom. The quantitative estimate of drug-likeness (QED) is 0.858. The first-order chi connectivity index (χ1) is 9.45. The van der Waals surface area contributed by atoms with Crippen molar-refractivity contribution in [2.24, 2.45) is 17.8 Å². The molecular weight excluding hydrogens is 252 g/mol. The lowest BCUT2D eigenvalue weighted by Crippen LogP contribution is -2.59. The van der Waals surface area contributed by atoms with Crippen LogP contribution in [0.4, 0.5) is 0 Å². The molecule has 1 aliphatic heterocycles. The van der Waals surface area contributed by atoms with E-state index < -0.39 is 0 Å². The molecule has 114 valence electrons. The molecule has 0 aromatic carbocycles. The maximum absolute atomic E-state index is 12.5.